The van der Waals surface area contributed by atoms with Crippen molar-refractivity contribution in [1.29, 1.82) is 0 Å². The molecule has 0 spiro atoms. The number of nitrogens with one attached hydrogen (secondary N) is 1. The summed E-state index contributed by atoms with van der Waals surface area (Å²) in [6, 6.07) is 9.47. The maximum Gasteiger partial charge on any atom is 0.322 e. The minimum absolute atomic E-state index is 0.0749. The van der Waals surface area contributed by atoms with Gasteiger partial charge in [0, 0.05) is 23.8 Å². The van der Waals surface area contributed by atoms with E-state index in [2.05, 4.69) is 5.32 Å². The van der Waals surface area contributed by atoms with Gasteiger partial charge in [0.25, 0.3) is 0 Å². The van der Waals surface area contributed by atoms with Crippen LogP contribution in [0.15, 0.2) is 30.3 Å². The number of hydrogen-bond donors (Lipinski definition) is 2. The lowest BCUT2D eigenvalue weighted by Gasteiger charge is -2.31. The molecular formula is C13H19N3O. The molecule has 2 rings (SSSR count). The molecule has 0 saturated carbocycles. The average Bonchev–Trinajstić information content (AvgIpc) is 2.53. The minimum Gasteiger partial charge on any atom is -0.326 e. The summed E-state index contributed by atoms with van der Waals surface area (Å²) in [6.07, 6.45) is 0.842. The maximum absolute atomic E-state index is 12.1. The predicted molar refractivity (Wildman–Crippen MR) is 68.8 cm³/mol. The number of carbonyl (C=O) groups excluding carboxylic acids is 1. The van der Waals surface area contributed by atoms with Gasteiger partial charge in [0.15, 0.2) is 0 Å². The van der Waals surface area contributed by atoms with E-state index in [9.17, 15) is 4.79 Å². The number of para-hydroxylation sites is 1. The zero-order valence-corrected chi connectivity index (χ0v) is 10.3. The smallest absolute Gasteiger partial charge is 0.322 e. The Bertz CT molecular complexity index is 402. The second-order valence-electron chi connectivity index (χ2n) is 5.18. The maximum atomic E-state index is 12.1. The van der Waals surface area contributed by atoms with Crippen molar-refractivity contribution in [2.75, 3.05) is 11.9 Å². The Balaban J connectivity index is 2.06. The van der Waals surface area contributed by atoms with Crippen molar-refractivity contribution in [3.63, 3.8) is 0 Å². The van der Waals surface area contributed by atoms with Crippen LogP contribution in [0.1, 0.15) is 20.3 Å². The molecular weight excluding hydrogens is 214 g/mol. The Hall–Kier alpha value is -1.55. The molecule has 3 N–H and O–H groups in total. The SMILES string of the molecule is CC1(C)CC(N)CN1C(=O)Nc1ccccc1. The number of rotatable bonds is 1. The van der Waals surface area contributed by atoms with Gasteiger partial charge in [-0.15, -0.1) is 0 Å². The number of nitrogens with zero attached hydrogens (tertiary/aromatic N) is 1. The summed E-state index contributed by atoms with van der Waals surface area (Å²) in [5.74, 6) is 0. The Morgan fingerprint density at radius 3 is 2.59 bits per heavy atom. The van der Waals surface area contributed by atoms with Gasteiger partial charge in [-0.05, 0) is 32.4 Å². The lowest BCUT2D eigenvalue weighted by atomic mass is 10.0. The van der Waals surface area contributed by atoms with Crippen molar-refractivity contribution < 1.29 is 4.79 Å². The van der Waals surface area contributed by atoms with Gasteiger partial charge in [-0.3, -0.25) is 0 Å². The van der Waals surface area contributed by atoms with Gasteiger partial charge in [0.1, 0.15) is 0 Å². The van der Waals surface area contributed by atoms with Gasteiger partial charge in [-0.1, -0.05) is 18.2 Å². The molecule has 0 aromatic heterocycles. The molecule has 0 radical (unpaired) electrons. The van der Waals surface area contributed by atoms with Crippen LogP contribution in [-0.2, 0) is 0 Å². The molecule has 4 heteroatoms. The quantitative estimate of drug-likeness (QED) is 0.779. The van der Waals surface area contributed by atoms with E-state index < -0.39 is 0 Å². The molecule has 0 bridgehead atoms. The standard InChI is InChI=1S/C13H19N3O/c1-13(2)8-10(14)9-16(13)12(17)15-11-6-4-3-5-7-11/h3-7,10H,8-9,14H2,1-2H3,(H,15,17). The van der Waals surface area contributed by atoms with Crippen molar-refractivity contribution in [2.24, 2.45) is 5.73 Å². The first-order valence-corrected chi connectivity index (χ1v) is 5.88. The van der Waals surface area contributed by atoms with Crippen molar-refractivity contribution in [3.8, 4) is 0 Å². The van der Waals surface area contributed by atoms with E-state index >= 15 is 0 Å². The molecule has 17 heavy (non-hydrogen) atoms. The van der Waals surface area contributed by atoms with Crippen LogP contribution >= 0.6 is 0 Å². The van der Waals surface area contributed by atoms with Crippen molar-refractivity contribution in [1.82, 2.24) is 4.90 Å². The van der Waals surface area contributed by atoms with Crippen LogP contribution in [0.2, 0.25) is 0 Å². The van der Waals surface area contributed by atoms with E-state index in [1.807, 2.05) is 49.1 Å². The monoisotopic (exact) mass is 233 g/mol. The van der Waals surface area contributed by atoms with Gasteiger partial charge in [-0.2, -0.15) is 0 Å². The van der Waals surface area contributed by atoms with Gasteiger partial charge < -0.3 is 16.0 Å². The third kappa shape index (κ3) is 2.58. The van der Waals surface area contributed by atoms with Crippen LogP contribution in [0, 0.1) is 0 Å². The van der Waals surface area contributed by atoms with Gasteiger partial charge >= 0.3 is 6.03 Å². The Morgan fingerprint density at radius 1 is 1.41 bits per heavy atom. The van der Waals surface area contributed by atoms with Gasteiger partial charge in [-0.25, -0.2) is 4.79 Å². The predicted octanol–water partition coefficient (Wildman–Crippen LogP) is 2.03. The summed E-state index contributed by atoms with van der Waals surface area (Å²) in [4.78, 5) is 13.9. The number of hydrogen-bond acceptors (Lipinski definition) is 2. The molecule has 1 saturated heterocycles. The molecule has 1 aliphatic rings. The molecule has 0 aliphatic carbocycles. The van der Waals surface area contributed by atoms with Crippen LogP contribution in [-0.4, -0.2) is 29.1 Å². The van der Waals surface area contributed by atoms with Gasteiger partial charge in [0.05, 0.1) is 0 Å². The highest BCUT2D eigenvalue weighted by Crippen LogP contribution is 2.28. The number of likely N-dealkylation sites (tertiary alicyclic amines) is 1. The average molecular weight is 233 g/mol. The summed E-state index contributed by atoms with van der Waals surface area (Å²) in [5.41, 5.74) is 6.56. The Kier molecular flexibility index (Phi) is 3.07. The summed E-state index contributed by atoms with van der Waals surface area (Å²) >= 11 is 0. The van der Waals surface area contributed by atoms with Crippen LogP contribution in [0.25, 0.3) is 0 Å². The van der Waals surface area contributed by atoms with E-state index in [0.717, 1.165) is 12.1 Å². The zero-order valence-electron chi connectivity index (χ0n) is 10.3. The molecule has 1 atom stereocenters. The number of nitrogens with two attached hydrogens (primary N) is 1. The fourth-order valence-corrected chi connectivity index (χ4v) is 2.37. The van der Waals surface area contributed by atoms with Crippen molar-refractivity contribution in [3.05, 3.63) is 30.3 Å². The van der Waals surface area contributed by atoms with E-state index in [1.165, 1.54) is 0 Å². The number of urea groups is 1. The topological polar surface area (TPSA) is 58.4 Å². The summed E-state index contributed by atoms with van der Waals surface area (Å²) < 4.78 is 0. The highest BCUT2D eigenvalue weighted by Gasteiger charge is 2.39. The molecule has 1 fully saturated rings. The van der Waals surface area contributed by atoms with Crippen LogP contribution in [0.3, 0.4) is 0 Å². The largest absolute Gasteiger partial charge is 0.326 e. The highest BCUT2D eigenvalue weighted by atomic mass is 16.2. The molecule has 1 aromatic rings. The second-order valence-corrected chi connectivity index (χ2v) is 5.18. The van der Waals surface area contributed by atoms with Crippen LogP contribution < -0.4 is 11.1 Å². The summed E-state index contributed by atoms with van der Waals surface area (Å²) in [5, 5.41) is 2.89. The third-order valence-corrected chi connectivity index (χ3v) is 3.18. The second kappa shape index (κ2) is 4.37. The minimum atomic E-state index is -0.168. The van der Waals surface area contributed by atoms with E-state index in [4.69, 9.17) is 5.73 Å². The first-order valence-electron chi connectivity index (χ1n) is 5.88. The molecule has 1 aliphatic heterocycles. The third-order valence-electron chi connectivity index (χ3n) is 3.18. The normalized spacial score (nSPS) is 22.5. The van der Waals surface area contributed by atoms with Crippen molar-refractivity contribution in [2.45, 2.75) is 31.8 Å². The fraction of sp³-hybridized carbons (Fsp3) is 0.462. The van der Waals surface area contributed by atoms with Crippen LogP contribution in [0.5, 0.6) is 0 Å². The summed E-state index contributed by atoms with van der Waals surface area (Å²) in [7, 11) is 0. The molecule has 1 unspecified atom stereocenters. The molecule has 1 heterocycles. The van der Waals surface area contributed by atoms with E-state index in [-0.39, 0.29) is 17.6 Å². The first-order chi connectivity index (χ1) is 7.99. The highest BCUT2D eigenvalue weighted by molar-refractivity contribution is 5.90. The number of benzene rings is 1. The number of carbonyl (C=O) groups is 1. The Morgan fingerprint density at radius 2 is 2.06 bits per heavy atom. The number of anilines is 1. The molecule has 1 aromatic carbocycles. The Labute approximate surface area is 102 Å². The lowest BCUT2D eigenvalue weighted by molar-refractivity contribution is 0.178. The van der Waals surface area contributed by atoms with Gasteiger partial charge in [0.2, 0.25) is 0 Å². The zero-order chi connectivity index (χ0) is 12.5. The molecule has 4 nitrogen and oxygen atoms in total. The number of amides is 2. The van der Waals surface area contributed by atoms with E-state index in [0.29, 0.717) is 6.54 Å². The first kappa shape index (κ1) is 11.9. The van der Waals surface area contributed by atoms with Crippen LogP contribution in [0.4, 0.5) is 10.5 Å². The molecule has 2 amide bonds. The fourth-order valence-electron chi connectivity index (χ4n) is 2.37. The lowest BCUT2D eigenvalue weighted by Crippen LogP contribution is -2.45. The molecule has 92 valence electrons. The van der Waals surface area contributed by atoms with Crippen molar-refractivity contribution >= 4 is 11.7 Å². The summed E-state index contributed by atoms with van der Waals surface area (Å²) in [6.45, 7) is 4.71. The van der Waals surface area contributed by atoms with E-state index in [1.54, 1.807) is 0 Å².